The van der Waals surface area contributed by atoms with Crippen LogP contribution < -0.4 is 15.4 Å². The molecule has 1 heterocycles. The van der Waals surface area contributed by atoms with Gasteiger partial charge in [0.25, 0.3) is 5.91 Å². The minimum atomic E-state index is -0.303. The second kappa shape index (κ2) is 8.73. The van der Waals surface area contributed by atoms with Crippen molar-refractivity contribution in [2.45, 2.75) is 33.1 Å². The summed E-state index contributed by atoms with van der Waals surface area (Å²) in [5.74, 6) is 0.961. The quantitative estimate of drug-likeness (QED) is 0.607. The van der Waals surface area contributed by atoms with E-state index < -0.39 is 0 Å². The number of hydrogen-bond acceptors (Lipinski definition) is 5. The van der Waals surface area contributed by atoms with Gasteiger partial charge in [0.2, 0.25) is 0 Å². The summed E-state index contributed by atoms with van der Waals surface area (Å²) in [4.78, 5) is 21.0. The van der Waals surface area contributed by atoms with Crippen molar-refractivity contribution in [3.05, 3.63) is 72.2 Å². The highest BCUT2D eigenvalue weighted by atomic mass is 16.5. The van der Waals surface area contributed by atoms with Gasteiger partial charge in [0.1, 0.15) is 17.3 Å². The third kappa shape index (κ3) is 5.31. The van der Waals surface area contributed by atoms with Crippen LogP contribution in [0, 0.1) is 0 Å². The molecule has 6 heteroatoms. The Kier molecular flexibility index (Phi) is 6.12. The predicted octanol–water partition coefficient (Wildman–Crippen LogP) is 5.17. The number of ether oxygens (including phenoxy) is 1. The van der Waals surface area contributed by atoms with Crippen molar-refractivity contribution in [3.8, 4) is 5.75 Å². The number of para-hydroxylation sites is 2. The van der Waals surface area contributed by atoms with E-state index in [9.17, 15) is 4.79 Å². The van der Waals surface area contributed by atoms with E-state index in [0.717, 1.165) is 17.1 Å². The van der Waals surface area contributed by atoms with Crippen molar-refractivity contribution < 1.29 is 9.53 Å². The molecule has 6 nitrogen and oxygen atoms in total. The normalized spacial score (nSPS) is 11.0. The van der Waals surface area contributed by atoms with Crippen LogP contribution in [0.25, 0.3) is 0 Å². The molecule has 150 valence electrons. The summed E-state index contributed by atoms with van der Waals surface area (Å²) >= 11 is 0. The summed E-state index contributed by atoms with van der Waals surface area (Å²) < 4.78 is 5.59. The van der Waals surface area contributed by atoms with Crippen molar-refractivity contribution >= 4 is 23.1 Å². The zero-order valence-corrected chi connectivity index (χ0v) is 17.2. The molecule has 2 N–H and O–H groups in total. The second-order valence-electron chi connectivity index (χ2n) is 7.62. The summed E-state index contributed by atoms with van der Waals surface area (Å²) in [6.45, 7) is 8.95. The highest BCUT2D eigenvalue weighted by Gasteiger charge is 2.14. The lowest BCUT2D eigenvalue weighted by Gasteiger charge is -2.19. The third-order valence-corrected chi connectivity index (χ3v) is 4.34. The molecule has 0 aliphatic carbocycles. The number of anilines is 3. The van der Waals surface area contributed by atoms with Gasteiger partial charge in [-0.3, -0.25) is 4.79 Å². The lowest BCUT2D eigenvalue weighted by Crippen LogP contribution is -2.15. The van der Waals surface area contributed by atoms with Crippen LogP contribution in [0.4, 0.5) is 17.2 Å². The smallest absolute Gasteiger partial charge is 0.275 e. The molecule has 0 aliphatic rings. The van der Waals surface area contributed by atoms with Gasteiger partial charge < -0.3 is 15.4 Å². The first-order chi connectivity index (χ1) is 13.9. The summed E-state index contributed by atoms with van der Waals surface area (Å²) in [6, 6.07) is 15.4. The first-order valence-corrected chi connectivity index (χ1v) is 9.59. The molecule has 0 saturated heterocycles. The van der Waals surface area contributed by atoms with E-state index in [1.165, 1.54) is 18.0 Å². The standard InChI is InChI=1S/C23H26N4O2/c1-5-29-20-9-7-6-8-18(20)27-21-15-24-19(14-25-21)22(28)26-17-12-10-16(11-13-17)23(2,3)4/h6-15H,5H2,1-4H3,(H,25,27)(H,26,28). The number of amides is 1. The van der Waals surface area contributed by atoms with Gasteiger partial charge in [0, 0.05) is 5.69 Å². The zero-order chi connectivity index (χ0) is 20.9. The Morgan fingerprint density at radius 2 is 1.72 bits per heavy atom. The SMILES string of the molecule is CCOc1ccccc1Nc1cnc(C(=O)Nc2ccc(C(C)(C)C)cc2)cn1. The maximum Gasteiger partial charge on any atom is 0.275 e. The van der Waals surface area contributed by atoms with Gasteiger partial charge in [-0.05, 0) is 42.2 Å². The van der Waals surface area contributed by atoms with Crippen molar-refractivity contribution in [1.29, 1.82) is 0 Å². The monoisotopic (exact) mass is 390 g/mol. The average Bonchev–Trinajstić information content (AvgIpc) is 2.70. The summed E-state index contributed by atoms with van der Waals surface area (Å²) in [6.07, 6.45) is 2.98. The van der Waals surface area contributed by atoms with Crippen LogP contribution in [-0.4, -0.2) is 22.5 Å². The van der Waals surface area contributed by atoms with Gasteiger partial charge in [-0.15, -0.1) is 0 Å². The molecule has 29 heavy (non-hydrogen) atoms. The molecule has 2 aromatic carbocycles. The maximum absolute atomic E-state index is 12.5. The van der Waals surface area contributed by atoms with E-state index in [-0.39, 0.29) is 17.0 Å². The Bertz CT molecular complexity index is 961. The number of nitrogens with one attached hydrogen (secondary N) is 2. The predicted molar refractivity (Wildman–Crippen MR) is 116 cm³/mol. The number of hydrogen-bond donors (Lipinski definition) is 2. The molecule has 0 unspecified atom stereocenters. The molecule has 0 aliphatic heterocycles. The number of carbonyl (C=O) groups excluding carboxylic acids is 1. The van der Waals surface area contributed by atoms with Crippen LogP contribution in [-0.2, 0) is 5.41 Å². The fourth-order valence-electron chi connectivity index (χ4n) is 2.75. The van der Waals surface area contributed by atoms with Crippen LogP contribution in [0.2, 0.25) is 0 Å². The highest BCUT2D eigenvalue weighted by Crippen LogP contribution is 2.26. The van der Waals surface area contributed by atoms with E-state index in [1.54, 1.807) is 0 Å². The maximum atomic E-state index is 12.5. The molecule has 3 aromatic rings. The third-order valence-electron chi connectivity index (χ3n) is 4.34. The first kappa shape index (κ1) is 20.3. The minimum Gasteiger partial charge on any atom is -0.492 e. The molecule has 0 radical (unpaired) electrons. The molecular weight excluding hydrogens is 364 g/mol. The summed E-state index contributed by atoms with van der Waals surface area (Å²) in [5, 5.41) is 6.01. The largest absolute Gasteiger partial charge is 0.492 e. The molecule has 0 saturated carbocycles. The van der Waals surface area contributed by atoms with Gasteiger partial charge in [-0.2, -0.15) is 0 Å². The van der Waals surface area contributed by atoms with Gasteiger partial charge in [-0.25, -0.2) is 9.97 Å². The van der Waals surface area contributed by atoms with Crippen LogP contribution in [0.1, 0.15) is 43.7 Å². The minimum absolute atomic E-state index is 0.0671. The van der Waals surface area contributed by atoms with E-state index in [1.807, 2.05) is 55.5 Å². The van der Waals surface area contributed by atoms with E-state index >= 15 is 0 Å². The van der Waals surface area contributed by atoms with Crippen LogP contribution in [0.3, 0.4) is 0 Å². The first-order valence-electron chi connectivity index (χ1n) is 9.59. The number of benzene rings is 2. The van der Waals surface area contributed by atoms with Crippen LogP contribution in [0.15, 0.2) is 60.9 Å². The number of nitrogens with zero attached hydrogens (tertiary/aromatic N) is 2. The molecule has 1 aromatic heterocycles. The topological polar surface area (TPSA) is 76.1 Å². The second-order valence-corrected chi connectivity index (χ2v) is 7.62. The van der Waals surface area contributed by atoms with Crippen molar-refractivity contribution in [1.82, 2.24) is 9.97 Å². The Morgan fingerprint density at radius 3 is 2.34 bits per heavy atom. The lowest BCUT2D eigenvalue weighted by atomic mass is 9.87. The Hall–Kier alpha value is -3.41. The molecule has 3 rings (SSSR count). The van der Waals surface area contributed by atoms with Gasteiger partial charge in [-0.1, -0.05) is 45.0 Å². The lowest BCUT2D eigenvalue weighted by molar-refractivity contribution is 0.102. The van der Waals surface area contributed by atoms with E-state index in [4.69, 9.17) is 4.74 Å². The fourth-order valence-corrected chi connectivity index (χ4v) is 2.75. The fraction of sp³-hybridized carbons (Fsp3) is 0.261. The van der Waals surface area contributed by atoms with Crippen molar-refractivity contribution in [3.63, 3.8) is 0 Å². The van der Waals surface area contributed by atoms with E-state index in [0.29, 0.717) is 12.4 Å². The van der Waals surface area contributed by atoms with Crippen molar-refractivity contribution in [2.75, 3.05) is 17.2 Å². The molecule has 0 bridgehead atoms. The van der Waals surface area contributed by atoms with Gasteiger partial charge >= 0.3 is 0 Å². The van der Waals surface area contributed by atoms with Crippen LogP contribution in [0.5, 0.6) is 5.75 Å². The zero-order valence-electron chi connectivity index (χ0n) is 17.2. The van der Waals surface area contributed by atoms with Crippen molar-refractivity contribution in [2.24, 2.45) is 0 Å². The number of carbonyl (C=O) groups is 1. The highest BCUT2D eigenvalue weighted by molar-refractivity contribution is 6.02. The molecule has 0 fully saturated rings. The Balaban J connectivity index is 1.66. The van der Waals surface area contributed by atoms with Gasteiger partial charge in [0.15, 0.2) is 0 Å². The van der Waals surface area contributed by atoms with E-state index in [2.05, 4.69) is 41.4 Å². The van der Waals surface area contributed by atoms with Gasteiger partial charge in [0.05, 0.1) is 24.7 Å². The molecule has 1 amide bonds. The van der Waals surface area contributed by atoms with Crippen LogP contribution >= 0.6 is 0 Å². The number of rotatable bonds is 6. The molecular formula is C23H26N4O2. The summed E-state index contributed by atoms with van der Waals surface area (Å²) in [7, 11) is 0. The average molecular weight is 390 g/mol. The summed E-state index contributed by atoms with van der Waals surface area (Å²) in [5.41, 5.74) is 3.03. The Labute approximate surface area is 171 Å². The molecule has 0 spiro atoms. The Morgan fingerprint density at radius 1 is 1.00 bits per heavy atom. The number of aromatic nitrogens is 2. The molecule has 0 atom stereocenters.